The van der Waals surface area contributed by atoms with Gasteiger partial charge < -0.3 is 20.5 Å². The van der Waals surface area contributed by atoms with E-state index in [1.54, 1.807) is 6.33 Å². The lowest BCUT2D eigenvalue weighted by atomic mass is 9.54. The second kappa shape index (κ2) is 4.89. The Bertz CT molecular complexity index is 696. The SMILES string of the molecule is Nc1ncnc2c1ncn2[C@H]1C[C@H]2CC[C@@H]1CC2(CO)CO. The van der Waals surface area contributed by atoms with E-state index in [1.807, 2.05) is 0 Å². The van der Waals surface area contributed by atoms with Crippen LogP contribution in [0, 0.1) is 17.3 Å². The first-order valence-electron chi connectivity index (χ1n) is 7.83. The number of hydrogen-bond donors (Lipinski definition) is 3. The van der Waals surface area contributed by atoms with Gasteiger partial charge in [-0.25, -0.2) is 15.0 Å². The molecule has 0 radical (unpaired) electrons. The highest BCUT2D eigenvalue weighted by atomic mass is 16.3. The molecule has 3 aliphatic carbocycles. The van der Waals surface area contributed by atoms with Gasteiger partial charge in [0.1, 0.15) is 11.8 Å². The fourth-order valence-electron chi connectivity index (χ4n) is 4.58. The van der Waals surface area contributed by atoms with Crippen LogP contribution in [0.1, 0.15) is 31.7 Å². The summed E-state index contributed by atoms with van der Waals surface area (Å²) in [6, 6.07) is 0.310. The van der Waals surface area contributed by atoms with Crippen molar-refractivity contribution in [3.63, 3.8) is 0 Å². The van der Waals surface area contributed by atoms with Gasteiger partial charge in [-0.2, -0.15) is 0 Å². The molecular weight excluding hydrogens is 282 g/mol. The van der Waals surface area contributed by atoms with Crippen molar-refractivity contribution in [2.45, 2.75) is 31.7 Å². The van der Waals surface area contributed by atoms with Crippen LogP contribution < -0.4 is 5.73 Å². The molecule has 0 saturated heterocycles. The molecule has 0 aromatic carbocycles. The first-order chi connectivity index (χ1) is 10.7. The number of nitrogens with zero attached hydrogens (tertiary/aromatic N) is 4. The van der Waals surface area contributed by atoms with Crippen molar-refractivity contribution < 1.29 is 10.2 Å². The summed E-state index contributed by atoms with van der Waals surface area (Å²) in [5.74, 6) is 1.18. The Morgan fingerprint density at radius 1 is 1.23 bits per heavy atom. The van der Waals surface area contributed by atoms with Gasteiger partial charge in [-0.1, -0.05) is 0 Å². The van der Waals surface area contributed by atoms with Crippen LogP contribution in [0.5, 0.6) is 0 Å². The zero-order chi connectivity index (χ0) is 15.3. The Morgan fingerprint density at radius 2 is 2.05 bits per heavy atom. The molecule has 4 N–H and O–H groups in total. The van der Waals surface area contributed by atoms with Gasteiger partial charge in [0.2, 0.25) is 0 Å². The molecule has 2 heterocycles. The van der Waals surface area contributed by atoms with Crippen molar-refractivity contribution in [1.29, 1.82) is 0 Å². The van der Waals surface area contributed by atoms with Crippen molar-refractivity contribution in [2.75, 3.05) is 18.9 Å². The fraction of sp³-hybridized carbons (Fsp3) is 0.667. The van der Waals surface area contributed by atoms with Crippen LogP contribution >= 0.6 is 0 Å². The number of aliphatic hydroxyl groups excluding tert-OH is 2. The average molecular weight is 303 g/mol. The van der Waals surface area contributed by atoms with Gasteiger partial charge >= 0.3 is 0 Å². The van der Waals surface area contributed by atoms with E-state index in [0.29, 0.717) is 29.2 Å². The normalized spacial score (nSPS) is 30.0. The fourth-order valence-corrected chi connectivity index (χ4v) is 4.58. The van der Waals surface area contributed by atoms with Crippen LogP contribution in [0.25, 0.3) is 11.2 Å². The smallest absolute Gasteiger partial charge is 0.165 e. The zero-order valence-corrected chi connectivity index (χ0v) is 12.4. The highest BCUT2D eigenvalue weighted by Gasteiger charge is 2.51. The first-order valence-corrected chi connectivity index (χ1v) is 7.83. The second-order valence-corrected chi connectivity index (χ2v) is 6.80. The minimum absolute atomic E-state index is 0.0666. The molecule has 3 aliphatic rings. The van der Waals surface area contributed by atoms with Gasteiger partial charge in [0.25, 0.3) is 0 Å². The van der Waals surface area contributed by atoms with E-state index in [4.69, 9.17) is 5.73 Å². The Labute approximate surface area is 128 Å². The molecule has 118 valence electrons. The number of hydrogen-bond acceptors (Lipinski definition) is 6. The Kier molecular flexibility index (Phi) is 3.09. The monoisotopic (exact) mass is 303 g/mol. The second-order valence-electron chi connectivity index (χ2n) is 6.80. The minimum atomic E-state index is -0.316. The van der Waals surface area contributed by atoms with E-state index in [0.717, 1.165) is 31.3 Å². The molecule has 0 spiro atoms. The van der Waals surface area contributed by atoms with Crippen molar-refractivity contribution in [1.82, 2.24) is 19.5 Å². The van der Waals surface area contributed by atoms with E-state index >= 15 is 0 Å². The van der Waals surface area contributed by atoms with E-state index in [-0.39, 0.29) is 18.6 Å². The lowest BCUT2D eigenvalue weighted by molar-refractivity contribution is -0.0932. The summed E-state index contributed by atoms with van der Waals surface area (Å²) in [5, 5.41) is 19.5. The highest BCUT2D eigenvalue weighted by Crippen LogP contribution is 2.56. The molecule has 0 aliphatic heterocycles. The number of aromatic nitrogens is 4. The topological polar surface area (TPSA) is 110 Å². The summed E-state index contributed by atoms with van der Waals surface area (Å²) in [6.07, 6.45) is 7.28. The Balaban J connectivity index is 1.72. The van der Waals surface area contributed by atoms with Crippen molar-refractivity contribution in [3.8, 4) is 0 Å². The standard InChI is InChI=1S/C15H21N5O2/c16-13-12-14(18-7-17-13)20(8-19-12)11-3-10-2-1-9(11)4-15(10,5-21)6-22/h7-11,21-22H,1-6H2,(H2,16,17,18)/t9-,10-,11+/m1/s1. The minimum Gasteiger partial charge on any atom is -0.396 e. The van der Waals surface area contributed by atoms with Crippen molar-refractivity contribution in [3.05, 3.63) is 12.7 Å². The number of aliphatic hydroxyl groups is 2. The maximum Gasteiger partial charge on any atom is 0.165 e. The molecule has 3 saturated carbocycles. The molecule has 3 atom stereocenters. The molecule has 5 rings (SSSR count). The quantitative estimate of drug-likeness (QED) is 0.771. The molecular formula is C15H21N5O2. The van der Waals surface area contributed by atoms with Crippen LogP contribution in [0.4, 0.5) is 5.82 Å². The largest absolute Gasteiger partial charge is 0.396 e. The number of rotatable bonds is 3. The van der Waals surface area contributed by atoms with Gasteiger partial charge in [0.15, 0.2) is 11.5 Å². The van der Waals surface area contributed by atoms with Gasteiger partial charge in [-0.3, -0.25) is 0 Å². The summed E-state index contributed by atoms with van der Waals surface area (Å²) < 4.78 is 2.11. The molecule has 2 aromatic rings. The summed E-state index contributed by atoms with van der Waals surface area (Å²) in [4.78, 5) is 12.7. The predicted molar refractivity (Wildman–Crippen MR) is 80.8 cm³/mol. The van der Waals surface area contributed by atoms with Crippen LogP contribution in [0.2, 0.25) is 0 Å². The van der Waals surface area contributed by atoms with Gasteiger partial charge in [-0.15, -0.1) is 0 Å². The van der Waals surface area contributed by atoms with E-state index < -0.39 is 0 Å². The van der Waals surface area contributed by atoms with E-state index in [2.05, 4.69) is 19.5 Å². The average Bonchev–Trinajstić information content (AvgIpc) is 3.00. The third kappa shape index (κ3) is 1.78. The number of fused-ring (bicyclic) bond motifs is 4. The summed E-state index contributed by atoms with van der Waals surface area (Å²) in [6.45, 7) is 0.133. The number of anilines is 1. The van der Waals surface area contributed by atoms with Gasteiger partial charge in [0, 0.05) is 11.5 Å². The molecule has 3 fully saturated rings. The molecule has 2 bridgehead atoms. The number of imidazole rings is 1. The third-order valence-electron chi connectivity index (χ3n) is 5.86. The van der Waals surface area contributed by atoms with Crippen LogP contribution in [-0.4, -0.2) is 42.9 Å². The highest BCUT2D eigenvalue weighted by molar-refractivity contribution is 5.81. The van der Waals surface area contributed by atoms with Gasteiger partial charge in [-0.05, 0) is 37.5 Å². The van der Waals surface area contributed by atoms with Crippen LogP contribution in [0.3, 0.4) is 0 Å². The van der Waals surface area contributed by atoms with E-state index in [9.17, 15) is 10.2 Å². The van der Waals surface area contributed by atoms with Crippen molar-refractivity contribution in [2.24, 2.45) is 17.3 Å². The van der Waals surface area contributed by atoms with E-state index in [1.165, 1.54) is 6.33 Å². The molecule has 0 amide bonds. The molecule has 22 heavy (non-hydrogen) atoms. The summed E-state index contributed by atoms with van der Waals surface area (Å²) in [7, 11) is 0. The zero-order valence-electron chi connectivity index (χ0n) is 12.4. The van der Waals surface area contributed by atoms with Crippen LogP contribution in [0.15, 0.2) is 12.7 Å². The lowest BCUT2D eigenvalue weighted by Gasteiger charge is -2.53. The summed E-state index contributed by atoms with van der Waals surface area (Å²) >= 11 is 0. The Morgan fingerprint density at radius 3 is 2.73 bits per heavy atom. The number of nitrogens with two attached hydrogens (primary N) is 1. The first kappa shape index (κ1) is 13.9. The summed E-state index contributed by atoms with van der Waals surface area (Å²) in [5.41, 5.74) is 6.99. The molecule has 2 aromatic heterocycles. The Hall–Kier alpha value is -1.73. The number of nitrogen functional groups attached to an aromatic ring is 1. The maximum atomic E-state index is 9.77. The van der Waals surface area contributed by atoms with Gasteiger partial charge in [0.05, 0.1) is 19.5 Å². The lowest BCUT2D eigenvalue weighted by Crippen LogP contribution is -2.50. The molecule has 7 heteroatoms. The molecule has 0 unspecified atom stereocenters. The predicted octanol–water partition coefficient (Wildman–Crippen LogP) is 0.741. The third-order valence-corrected chi connectivity index (χ3v) is 5.86. The maximum absolute atomic E-state index is 9.77. The van der Waals surface area contributed by atoms with Crippen molar-refractivity contribution >= 4 is 17.0 Å². The van der Waals surface area contributed by atoms with Crippen LogP contribution in [-0.2, 0) is 0 Å². The molecule has 7 nitrogen and oxygen atoms in total.